The van der Waals surface area contributed by atoms with E-state index in [1.54, 1.807) is 6.33 Å². The lowest BCUT2D eigenvalue weighted by atomic mass is 10.1. The van der Waals surface area contributed by atoms with Crippen LogP contribution in [0.5, 0.6) is 0 Å². The predicted molar refractivity (Wildman–Crippen MR) is 55.4 cm³/mol. The van der Waals surface area contributed by atoms with Gasteiger partial charge in [0.15, 0.2) is 0 Å². The van der Waals surface area contributed by atoms with Gasteiger partial charge in [-0.15, -0.1) is 0 Å². The number of carbonyl (C=O) groups is 1. The number of carboxylic acid groups (broad SMARTS) is 1. The Hall–Kier alpha value is -1.78. The van der Waals surface area contributed by atoms with Crippen LogP contribution < -0.4 is 0 Å². The molecule has 1 aliphatic heterocycles. The maximum Gasteiger partial charge on any atom is 0.407 e. The summed E-state index contributed by atoms with van der Waals surface area (Å²) in [6.45, 7) is 1.01. The van der Waals surface area contributed by atoms with Crippen molar-refractivity contribution in [2.24, 2.45) is 7.05 Å². The Bertz CT molecular complexity index is 409. The van der Waals surface area contributed by atoms with Crippen LogP contribution in [0.25, 0.3) is 5.57 Å². The molecule has 1 aromatic rings. The summed E-state index contributed by atoms with van der Waals surface area (Å²) in [5.74, 6) is 0. The molecule has 80 valence electrons. The molecule has 2 rings (SSSR count). The van der Waals surface area contributed by atoms with Gasteiger partial charge in [-0.3, -0.25) is 0 Å². The van der Waals surface area contributed by atoms with E-state index in [0.717, 1.165) is 17.7 Å². The number of hydrogen-bond acceptors (Lipinski definition) is 2. The summed E-state index contributed by atoms with van der Waals surface area (Å²) in [4.78, 5) is 16.3. The number of aromatic nitrogens is 2. The highest BCUT2D eigenvalue weighted by Gasteiger charge is 2.17. The van der Waals surface area contributed by atoms with E-state index in [-0.39, 0.29) is 0 Å². The van der Waals surface area contributed by atoms with Crippen LogP contribution in [-0.2, 0) is 7.05 Å². The highest BCUT2D eigenvalue weighted by Crippen LogP contribution is 2.20. The summed E-state index contributed by atoms with van der Waals surface area (Å²) in [6.07, 6.45) is 5.51. The van der Waals surface area contributed by atoms with Crippen molar-refractivity contribution in [3.05, 3.63) is 24.3 Å². The van der Waals surface area contributed by atoms with Crippen molar-refractivity contribution >= 4 is 11.7 Å². The molecule has 0 spiro atoms. The summed E-state index contributed by atoms with van der Waals surface area (Å²) in [5.41, 5.74) is 2.08. The van der Waals surface area contributed by atoms with Gasteiger partial charge in [-0.25, -0.2) is 9.78 Å². The van der Waals surface area contributed by atoms with Crippen LogP contribution in [0.15, 0.2) is 18.6 Å². The van der Waals surface area contributed by atoms with Crippen molar-refractivity contribution in [3.8, 4) is 0 Å². The van der Waals surface area contributed by atoms with Crippen LogP contribution in [-0.4, -0.2) is 38.7 Å². The number of imidazole rings is 1. The van der Waals surface area contributed by atoms with Gasteiger partial charge in [-0.1, -0.05) is 6.08 Å². The second-order valence-corrected chi connectivity index (χ2v) is 3.63. The third kappa shape index (κ3) is 2.01. The first-order chi connectivity index (χ1) is 7.16. The molecule has 0 saturated carbocycles. The molecule has 1 aliphatic rings. The van der Waals surface area contributed by atoms with Gasteiger partial charge in [0.2, 0.25) is 0 Å². The molecule has 15 heavy (non-hydrogen) atoms. The molecule has 0 bridgehead atoms. The minimum absolute atomic E-state index is 0.460. The van der Waals surface area contributed by atoms with Gasteiger partial charge in [-0.2, -0.15) is 0 Å². The molecule has 2 heterocycles. The van der Waals surface area contributed by atoms with Gasteiger partial charge in [-0.05, 0) is 12.0 Å². The van der Waals surface area contributed by atoms with Crippen molar-refractivity contribution in [2.75, 3.05) is 13.1 Å². The zero-order valence-corrected chi connectivity index (χ0v) is 8.55. The Morgan fingerprint density at radius 2 is 2.40 bits per heavy atom. The Morgan fingerprint density at radius 3 is 2.87 bits per heavy atom. The van der Waals surface area contributed by atoms with E-state index in [4.69, 9.17) is 5.11 Å². The third-order valence-electron chi connectivity index (χ3n) is 2.51. The first-order valence-corrected chi connectivity index (χ1v) is 4.82. The molecule has 1 aromatic heterocycles. The number of hydrogen-bond donors (Lipinski definition) is 1. The van der Waals surface area contributed by atoms with E-state index in [1.807, 2.05) is 23.9 Å². The van der Waals surface area contributed by atoms with Gasteiger partial charge >= 0.3 is 6.09 Å². The largest absolute Gasteiger partial charge is 0.465 e. The molecule has 5 heteroatoms. The van der Waals surface area contributed by atoms with Crippen molar-refractivity contribution in [1.82, 2.24) is 14.5 Å². The average molecular weight is 207 g/mol. The molecular weight excluding hydrogens is 194 g/mol. The molecule has 0 atom stereocenters. The lowest BCUT2D eigenvalue weighted by Crippen LogP contribution is -2.33. The van der Waals surface area contributed by atoms with Crippen LogP contribution >= 0.6 is 0 Å². The fourth-order valence-electron chi connectivity index (χ4n) is 1.65. The quantitative estimate of drug-likeness (QED) is 0.752. The summed E-state index contributed by atoms with van der Waals surface area (Å²) >= 11 is 0. The van der Waals surface area contributed by atoms with Crippen molar-refractivity contribution in [2.45, 2.75) is 6.42 Å². The maximum absolute atomic E-state index is 10.7. The fourth-order valence-corrected chi connectivity index (χ4v) is 1.65. The van der Waals surface area contributed by atoms with E-state index in [0.29, 0.717) is 13.1 Å². The summed E-state index contributed by atoms with van der Waals surface area (Å²) in [5, 5.41) is 8.78. The van der Waals surface area contributed by atoms with Crippen LogP contribution in [0.1, 0.15) is 12.1 Å². The molecular formula is C10H13N3O2. The minimum Gasteiger partial charge on any atom is -0.465 e. The van der Waals surface area contributed by atoms with Crippen molar-refractivity contribution in [3.63, 3.8) is 0 Å². The SMILES string of the molecule is Cn1cnc(C2=CCN(C(=O)O)CC2)c1. The molecule has 0 aromatic carbocycles. The first-order valence-electron chi connectivity index (χ1n) is 4.82. The van der Waals surface area contributed by atoms with Crippen LogP contribution in [0.2, 0.25) is 0 Å². The van der Waals surface area contributed by atoms with E-state index < -0.39 is 6.09 Å². The first kappa shape index (κ1) is 9.76. The van der Waals surface area contributed by atoms with Crippen LogP contribution in [0.4, 0.5) is 4.79 Å². The van der Waals surface area contributed by atoms with Gasteiger partial charge < -0.3 is 14.6 Å². The molecule has 1 amide bonds. The molecule has 0 fully saturated rings. The minimum atomic E-state index is -0.855. The highest BCUT2D eigenvalue weighted by molar-refractivity contribution is 5.69. The number of rotatable bonds is 1. The van der Waals surface area contributed by atoms with E-state index in [9.17, 15) is 4.79 Å². The van der Waals surface area contributed by atoms with Crippen LogP contribution in [0, 0.1) is 0 Å². The Balaban J connectivity index is 2.11. The summed E-state index contributed by atoms with van der Waals surface area (Å²) in [7, 11) is 1.92. The molecule has 0 radical (unpaired) electrons. The van der Waals surface area contributed by atoms with Gasteiger partial charge in [0, 0.05) is 26.3 Å². The topological polar surface area (TPSA) is 58.4 Å². The van der Waals surface area contributed by atoms with Gasteiger partial charge in [0.05, 0.1) is 12.0 Å². The van der Waals surface area contributed by atoms with Crippen molar-refractivity contribution in [1.29, 1.82) is 0 Å². The van der Waals surface area contributed by atoms with E-state index in [2.05, 4.69) is 4.98 Å². The average Bonchev–Trinajstić information content (AvgIpc) is 2.65. The van der Waals surface area contributed by atoms with Gasteiger partial charge in [0.25, 0.3) is 0 Å². The second-order valence-electron chi connectivity index (χ2n) is 3.63. The third-order valence-corrected chi connectivity index (χ3v) is 2.51. The fraction of sp³-hybridized carbons (Fsp3) is 0.400. The monoisotopic (exact) mass is 207 g/mol. The predicted octanol–water partition coefficient (Wildman–Crippen LogP) is 1.19. The smallest absolute Gasteiger partial charge is 0.407 e. The van der Waals surface area contributed by atoms with E-state index >= 15 is 0 Å². The highest BCUT2D eigenvalue weighted by atomic mass is 16.4. The number of aryl methyl sites for hydroxylation is 1. The second kappa shape index (κ2) is 3.76. The molecule has 0 aliphatic carbocycles. The molecule has 0 unspecified atom stereocenters. The van der Waals surface area contributed by atoms with Gasteiger partial charge in [0.1, 0.15) is 0 Å². The number of amides is 1. The van der Waals surface area contributed by atoms with E-state index in [1.165, 1.54) is 4.90 Å². The standard InChI is InChI=1S/C10H13N3O2/c1-12-6-9(11-7-12)8-2-4-13(5-3-8)10(14)15/h2,6-7H,3-5H2,1H3,(H,14,15). The normalized spacial score (nSPS) is 16.3. The molecule has 1 N–H and O–H groups in total. The molecule has 5 nitrogen and oxygen atoms in total. The van der Waals surface area contributed by atoms with Crippen molar-refractivity contribution < 1.29 is 9.90 Å². The summed E-state index contributed by atoms with van der Waals surface area (Å²) in [6, 6.07) is 0. The zero-order chi connectivity index (χ0) is 10.8. The number of nitrogens with zero attached hydrogens (tertiary/aromatic N) is 3. The Morgan fingerprint density at radius 1 is 1.60 bits per heavy atom. The molecule has 0 saturated heterocycles. The lowest BCUT2D eigenvalue weighted by Gasteiger charge is -2.22. The lowest BCUT2D eigenvalue weighted by molar-refractivity contribution is 0.150. The van der Waals surface area contributed by atoms with Crippen LogP contribution in [0.3, 0.4) is 0 Å². The zero-order valence-electron chi connectivity index (χ0n) is 8.55. The summed E-state index contributed by atoms with van der Waals surface area (Å²) < 4.78 is 1.89. The Labute approximate surface area is 87.6 Å². The maximum atomic E-state index is 10.7. The Kier molecular flexibility index (Phi) is 2.45.